The van der Waals surface area contributed by atoms with Gasteiger partial charge in [-0.1, -0.05) is 90.4 Å². The van der Waals surface area contributed by atoms with Crippen LogP contribution in [0.25, 0.3) is 0 Å². The van der Waals surface area contributed by atoms with Gasteiger partial charge in [0.2, 0.25) is 0 Å². The predicted molar refractivity (Wildman–Crippen MR) is 121 cm³/mol. The molecule has 1 saturated heterocycles. The van der Waals surface area contributed by atoms with E-state index in [0.717, 1.165) is 12.8 Å². The minimum atomic E-state index is -1.07. The van der Waals surface area contributed by atoms with Gasteiger partial charge in [0.25, 0.3) is 0 Å². The van der Waals surface area contributed by atoms with Crippen LogP contribution in [0.15, 0.2) is 0 Å². The summed E-state index contributed by atoms with van der Waals surface area (Å²) in [5.74, 6) is 0. The molecule has 1 aliphatic rings. The van der Waals surface area contributed by atoms with Gasteiger partial charge in [-0.05, 0) is 18.6 Å². The van der Waals surface area contributed by atoms with E-state index in [2.05, 4.69) is 6.92 Å². The summed E-state index contributed by atoms with van der Waals surface area (Å²) in [6, 6.07) is 0. The molecule has 0 aromatic heterocycles. The van der Waals surface area contributed by atoms with Gasteiger partial charge >= 0.3 is 0 Å². The van der Waals surface area contributed by atoms with E-state index in [4.69, 9.17) is 26.8 Å². The monoisotopic (exact) mass is 432 g/mol. The number of hydrogen-bond acceptors (Lipinski definition) is 6. The van der Waals surface area contributed by atoms with Gasteiger partial charge in [-0.15, -0.1) is 0 Å². The van der Waals surface area contributed by atoms with Crippen molar-refractivity contribution in [3.63, 3.8) is 0 Å². The Labute approximate surface area is 183 Å². The van der Waals surface area contributed by atoms with E-state index < -0.39 is 31.0 Å². The smallest absolute Gasteiger partial charge is 0.160 e. The van der Waals surface area contributed by atoms with Crippen LogP contribution in [0.5, 0.6) is 0 Å². The van der Waals surface area contributed by atoms with E-state index in [9.17, 15) is 10.2 Å². The number of ether oxygens (including phenoxy) is 2. The minimum Gasteiger partial charge on any atom is -0.478 e. The second-order valence-corrected chi connectivity index (χ2v) is 8.87. The molecule has 1 fully saturated rings. The first kappa shape index (κ1) is 26.8. The van der Waals surface area contributed by atoms with Crippen molar-refractivity contribution in [2.45, 2.75) is 128 Å². The molecule has 1 aliphatic heterocycles. The molecule has 0 aromatic rings. The van der Waals surface area contributed by atoms with Crippen molar-refractivity contribution in [1.29, 1.82) is 0 Å². The molecule has 0 saturated carbocycles. The number of aliphatic hydroxyl groups is 3. The third kappa shape index (κ3) is 12.2. The van der Waals surface area contributed by atoms with Gasteiger partial charge in [-0.2, -0.15) is 0 Å². The van der Waals surface area contributed by atoms with Gasteiger partial charge in [0, 0.05) is 6.42 Å². The third-order valence-corrected chi connectivity index (χ3v) is 6.03. The summed E-state index contributed by atoms with van der Waals surface area (Å²) in [6.07, 6.45) is 15.8. The Balaban J connectivity index is 1.94. The number of rotatable bonds is 18. The highest BCUT2D eigenvalue weighted by Crippen LogP contribution is 2.22. The molecule has 3 N–H and O–H groups in total. The summed E-state index contributed by atoms with van der Waals surface area (Å²) in [7, 11) is 0. The normalized spacial score (nSPS) is 22.7. The second-order valence-electron chi connectivity index (χ2n) is 8.42. The molecule has 0 radical (unpaired) electrons. The molecule has 0 aromatic carbocycles. The Bertz CT molecular complexity index is 407. The zero-order chi connectivity index (χ0) is 21.3. The van der Waals surface area contributed by atoms with Crippen molar-refractivity contribution >= 4 is 17.3 Å². The lowest BCUT2D eigenvalue weighted by Crippen LogP contribution is -2.43. The van der Waals surface area contributed by atoms with E-state index in [1.165, 1.54) is 77.0 Å². The maximum absolute atomic E-state index is 9.94. The Hall–Kier alpha value is -0.270. The van der Waals surface area contributed by atoms with Gasteiger partial charge in [0.15, 0.2) is 11.2 Å². The first-order valence-corrected chi connectivity index (χ1v) is 12.3. The average molecular weight is 433 g/mol. The molecule has 4 atom stereocenters. The van der Waals surface area contributed by atoms with Crippen LogP contribution in [0.4, 0.5) is 0 Å². The van der Waals surface area contributed by atoms with Crippen molar-refractivity contribution in [1.82, 2.24) is 0 Å². The van der Waals surface area contributed by atoms with Crippen LogP contribution in [0.1, 0.15) is 103 Å². The number of aliphatic hydroxyl groups excluding tert-OH is 3. The molecule has 172 valence electrons. The molecule has 0 spiro atoms. The van der Waals surface area contributed by atoms with E-state index in [1.54, 1.807) is 0 Å². The van der Waals surface area contributed by atoms with Crippen molar-refractivity contribution in [2.75, 3.05) is 13.2 Å². The number of hydrogen-bond donors (Lipinski definition) is 3. The van der Waals surface area contributed by atoms with Gasteiger partial charge in [-0.3, -0.25) is 0 Å². The van der Waals surface area contributed by atoms with Crippen molar-refractivity contribution in [2.24, 2.45) is 0 Å². The van der Waals surface area contributed by atoms with Crippen molar-refractivity contribution < 1.29 is 24.8 Å². The Morgan fingerprint density at radius 3 is 1.90 bits per heavy atom. The lowest BCUT2D eigenvalue weighted by atomic mass is 10.0. The van der Waals surface area contributed by atoms with Crippen molar-refractivity contribution in [3.05, 3.63) is 0 Å². The average Bonchev–Trinajstić information content (AvgIpc) is 3.07. The Morgan fingerprint density at radius 2 is 1.41 bits per heavy atom. The molecule has 0 unspecified atom stereocenters. The molecular formula is C23H44O5S. The lowest BCUT2D eigenvalue weighted by Gasteiger charge is -2.24. The molecule has 0 amide bonds. The summed E-state index contributed by atoms with van der Waals surface area (Å²) in [5, 5.41) is 29.2. The molecule has 0 bridgehead atoms. The number of thiocarbonyl (C=S) groups is 1. The summed E-state index contributed by atoms with van der Waals surface area (Å²) in [4.78, 5) is 0. The highest BCUT2D eigenvalue weighted by Gasteiger charge is 2.42. The SMILES string of the molecule is CCCCCCCCCCCCCCCCC(=S)O[C@@H]1[C@H]([C@@H](O)CO)OC[C@H]1O. The fraction of sp³-hybridized carbons (Fsp3) is 0.957. The summed E-state index contributed by atoms with van der Waals surface area (Å²) < 4.78 is 11.0. The molecule has 5 nitrogen and oxygen atoms in total. The van der Waals surface area contributed by atoms with E-state index in [-0.39, 0.29) is 6.61 Å². The predicted octanol–water partition coefficient (Wildman–Crippen LogP) is 4.68. The molecule has 29 heavy (non-hydrogen) atoms. The van der Waals surface area contributed by atoms with Gasteiger partial charge in [0.05, 0.1) is 13.2 Å². The van der Waals surface area contributed by atoms with E-state index in [0.29, 0.717) is 11.5 Å². The standard InChI is InChI=1S/C23H44O5S/c1-2-3-4-5-6-7-8-9-10-11-12-13-14-15-16-21(29)28-23-20(26)18-27-22(23)19(25)17-24/h19-20,22-26H,2-18H2,1H3/t19-,20+,22-,23-/m0/s1. The van der Waals surface area contributed by atoms with Gasteiger partial charge in [0.1, 0.15) is 18.3 Å². The Kier molecular flexibility index (Phi) is 16.1. The fourth-order valence-corrected chi connectivity index (χ4v) is 4.13. The molecule has 1 heterocycles. The van der Waals surface area contributed by atoms with Crippen LogP contribution in [0.3, 0.4) is 0 Å². The van der Waals surface area contributed by atoms with Crippen LogP contribution in [-0.2, 0) is 9.47 Å². The molecule has 6 heteroatoms. The highest BCUT2D eigenvalue weighted by atomic mass is 32.1. The topological polar surface area (TPSA) is 79.2 Å². The van der Waals surface area contributed by atoms with Gasteiger partial charge < -0.3 is 24.8 Å². The summed E-state index contributed by atoms with van der Waals surface area (Å²) in [5.41, 5.74) is 0. The Morgan fingerprint density at radius 1 is 0.931 bits per heavy atom. The zero-order valence-corrected chi connectivity index (χ0v) is 19.2. The molecular weight excluding hydrogens is 388 g/mol. The largest absolute Gasteiger partial charge is 0.478 e. The molecule has 1 rings (SSSR count). The van der Waals surface area contributed by atoms with Crippen LogP contribution < -0.4 is 0 Å². The van der Waals surface area contributed by atoms with Crippen LogP contribution >= 0.6 is 12.2 Å². The molecule has 0 aliphatic carbocycles. The quantitative estimate of drug-likeness (QED) is 0.215. The van der Waals surface area contributed by atoms with Crippen molar-refractivity contribution in [3.8, 4) is 0 Å². The maximum Gasteiger partial charge on any atom is 0.160 e. The lowest BCUT2D eigenvalue weighted by molar-refractivity contribution is -0.0642. The van der Waals surface area contributed by atoms with E-state index >= 15 is 0 Å². The van der Waals surface area contributed by atoms with Crippen LogP contribution in [-0.4, -0.2) is 58.0 Å². The first-order valence-electron chi connectivity index (χ1n) is 11.9. The van der Waals surface area contributed by atoms with Crippen LogP contribution in [0.2, 0.25) is 0 Å². The summed E-state index contributed by atoms with van der Waals surface area (Å²) in [6.45, 7) is 1.93. The first-order chi connectivity index (χ1) is 14.1. The zero-order valence-electron chi connectivity index (χ0n) is 18.4. The summed E-state index contributed by atoms with van der Waals surface area (Å²) >= 11 is 5.28. The van der Waals surface area contributed by atoms with E-state index in [1.807, 2.05) is 0 Å². The maximum atomic E-state index is 9.94. The minimum absolute atomic E-state index is 0.0911. The highest BCUT2D eigenvalue weighted by molar-refractivity contribution is 7.80. The van der Waals surface area contributed by atoms with Gasteiger partial charge in [-0.25, -0.2) is 0 Å². The fourth-order valence-electron chi connectivity index (χ4n) is 3.87. The van der Waals surface area contributed by atoms with Crippen LogP contribution in [0, 0.1) is 0 Å². The second kappa shape index (κ2) is 17.4. The number of unbranched alkanes of at least 4 members (excludes halogenated alkanes) is 13. The third-order valence-electron chi connectivity index (χ3n) is 5.73.